The molecule has 0 amide bonds. The van der Waals surface area contributed by atoms with Gasteiger partial charge in [-0.25, -0.2) is 0 Å². The molecule has 168 valence electrons. The van der Waals surface area contributed by atoms with Crippen molar-refractivity contribution in [2.75, 3.05) is 23.9 Å². The summed E-state index contributed by atoms with van der Waals surface area (Å²) in [5.41, 5.74) is 2.42. The van der Waals surface area contributed by atoms with Gasteiger partial charge in [-0.3, -0.25) is 0 Å². The number of unbranched alkanes of at least 4 members (excludes halogenated alkanes) is 8. The fourth-order valence-corrected chi connectivity index (χ4v) is 4.53. The van der Waals surface area contributed by atoms with E-state index >= 15 is 0 Å². The fourth-order valence-electron chi connectivity index (χ4n) is 3.73. The van der Waals surface area contributed by atoms with Gasteiger partial charge in [-0.15, -0.1) is 0 Å². The summed E-state index contributed by atoms with van der Waals surface area (Å²) < 4.78 is 12.5. The smallest absolute Gasteiger partial charge is 0.130 e. The summed E-state index contributed by atoms with van der Waals surface area (Å²) in [6.45, 7) is 5.84. The minimum atomic E-state index is 0.783. The standard InChI is InChI=1S/C26H38Br2O2/c1-21-13-14-23-24(19-21)25(29-17-11-7-3-5-9-15-27)20-22(2)26(23)30-18-12-8-4-6-10-16-28/h13-14,19-20H,3-12,15-18H2,1-2H3. The van der Waals surface area contributed by atoms with Crippen LogP contribution in [-0.2, 0) is 0 Å². The van der Waals surface area contributed by atoms with Crippen molar-refractivity contribution < 1.29 is 9.47 Å². The Morgan fingerprint density at radius 3 is 1.83 bits per heavy atom. The number of hydrogen-bond acceptors (Lipinski definition) is 2. The molecule has 0 saturated carbocycles. The Bertz CT molecular complexity index is 745. The molecule has 0 aliphatic rings. The third-order valence-corrected chi connectivity index (χ3v) is 6.57. The lowest BCUT2D eigenvalue weighted by atomic mass is 10.0. The highest BCUT2D eigenvalue weighted by Gasteiger charge is 2.12. The number of fused-ring (bicyclic) bond motifs is 1. The van der Waals surface area contributed by atoms with Gasteiger partial charge >= 0.3 is 0 Å². The first-order valence-electron chi connectivity index (χ1n) is 11.6. The molecular weight excluding hydrogens is 504 g/mol. The van der Waals surface area contributed by atoms with E-state index in [1.54, 1.807) is 0 Å². The minimum Gasteiger partial charge on any atom is -0.493 e. The zero-order valence-corrected chi connectivity index (χ0v) is 22.0. The van der Waals surface area contributed by atoms with Crippen LogP contribution in [-0.4, -0.2) is 23.9 Å². The van der Waals surface area contributed by atoms with Crippen LogP contribution >= 0.6 is 31.9 Å². The number of rotatable bonds is 16. The quantitative estimate of drug-likeness (QED) is 0.156. The Morgan fingerprint density at radius 2 is 1.20 bits per heavy atom. The van der Waals surface area contributed by atoms with Crippen molar-refractivity contribution in [2.45, 2.75) is 78.1 Å². The molecule has 2 aromatic carbocycles. The molecular formula is C26H38Br2O2. The van der Waals surface area contributed by atoms with Crippen molar-refractivity contribution in [3.63, 3.8) is 0 Å². The summed E-state index contributed by atoms with van der Waals surface area (Å²) in [6, 6.07) is 8.75. The molecule has 2 nitrogen and oxygen atoms in total. The number of benzene rings is 2. The van der Waals surface area contributed by atoms with Crippen LogP contribution in [0, 0.1) is 13.8 Å². The summed E-state index contributed by atoms with van der Waals surface area (Å²) in [5.74, 6) is 2.02. The average Bonchev–Trinajstić information content (AvgIpc) is 2.74. The van der Waals surface area contributed by atoms with Gasteiger partial charge in [0.15, 0.2) is 0 Å². The van der Waals surface area contributed by atoms with Crippen molar-refractivity contribution in [2.24, 2.45) is 0 Å². The lowest BCUT2D eigenvalue weighted by Crippen LogP contribution is -2.03. The van der Waals surface area contributed by atoms with Gasteiger partial charge in [0.05, 0.1) is 13.2 Å². The summed E-state index contributed by atoms with van der Waals surface area (Å²) in [5, 5.41) is 4.57. The van der Waals surface area contributed by atoms with Crippen molar-refractivity contribution in [1.82, 2.24) is 0 Å². The van der Waals surface area contributed by atoms with Gasteiger partial charge in [0.2, 0.25) is 0 Å². The maximum absolute atomic E-state index is 6.26. The Balaban J connectivity index is 1.96. The molecule has 4 heteroatoms. The van der Waals surface area contributed by atoms with Crippen LogP contribution in [0.4, 0.5) is 0 Å². The van der Waals surface area contributed by atoms with Crippen LogP contribution < -0.4 is 9.47 Å². The second kappa shape index (κ2) is 15.1. The molecule has 2 rings (SSSR count). The third-order valence-electron chi connectivity index (χ3n) is 5.45. The van der Waals surface area contributed by atoms with Crippen LogP contribution in [0.25, 0.3) is 10.8 Å². The Morgan fingerprint density at radius 1 is 0.633 bits per heavy atom. The maximum atomic E-state index is 6.26. The van der Waals surface area contributed by atoms with Gasteiger partial charge in [-0.05, 0) is 57.2 Å². The van der Waals surface area contributed by atoms with Gasteiger partial charge in [-0.1, -0.05) is 88.1 Å². The third kappa shape index (κ3) is 8.78. The number of alkyl halides is 2. The van der Waals surface area contributed by atoms with Crippen LogP contribution in [0.3, 0.4) is 0 Å². The van der Waals surface area contributed by atoms with E-state index in [9.17, 15) is 0 Å². The summed E-state index contributed by atoms with van der Waals surface area (Å²) in [7, 11) is 0. The van der Waals surface area contributed by atoms with Crippen LogP contribution in [0.5, 0.6) is 11.5 Å². The van der Waals surface area contributed by atoms with Gasteiger partial charge < -0.3 is 9.47 Å². The van der Waals surface area contributed by atoms with Crippen molar-refractivity contribution >= 4 is 42.6 Å². The zero-order valence-electron chi connectivity index (χ0n) is 18.8. The average molecular weight is 542 g/mol. The van der Waals surface area contributed by atoms with E-state index in [2.05, 4.69) is 70.0 Å². The van der Waals surface area contributed by atoms with Gasteiger partial charge in [0.25, 0.3) is 0 Å². The van der Waals surface area contributed by atoms with Crippen molar-refractivity contribution in [3.05, 3.63) is 35.4 Å². The first kappa shape index (κ1) is 25.5. The van der Waals surface area contributed by atoms with E-state index < -0.39 is 0 Å². The SMILES string of the molecule is Cc1ccc2c(OCCCCCCCBr)c(C)cc(OCCCCCCCBr)c2c1. The first-order valence-corrected chi connectivity index (χ1v) is 13.8. The number of halogens is 2. The highest BCUT2D eigenvalue weighted by molar-refractivity contribution is 9.09. The lowest BCUT2D eigenvalue weighted by Gasteiger charge is -2.17. The highest BCUT2D eigenvalue weighted by atomic mass is 79.9. The highest BCUT2D eigenvalue weighted by Crippen LogP contribution is 2.37. The van der Waals surface area contributed by atoms with E-state index in [-0.39, 0.29) is 0 Å². The van der Waals surface area contributed by atoms with Crippen LogP contribution in [0.1, 0.15) is 75.3 Å². The topological polar surface area (TPSA) is 18.5 Å². The van der Waals surface area contributed by atoms with Gasteiger partial charge in [0, 0.05) is 21.4 Å². The van der Waals surface area contributed by atoms with E-state index in [1.807, 2.05) is 0 Å². The Hall–Kier alpha value is -0.740. The largest absolute Gasteiger partial charge is 0.493 e. The lowest BCUT2D eigenvalue weighted by molar-refractivity contribution is 0.300. The second-order valence-corrected chi connectivity index (χ2v) is 9.77. The first-order chi connectivity index (χ1) is 14.7. The molecule has 0 radical (unpaired) electrons. The molecule has 0 fully saturated rings. The number of hydrogen-bond donors (Lipinski definition) is 0. The zero-order chi connectivity index (χ0) is 21.6. The Labute approximate surface area is 200 Å². The molecule has 0 heterocycles. The molecule has 0 aliphatic heterocycles. The van der Waals surface area contributed by atoms with E-state index in [0.717, 1.165) is 53.8 Å². The monoisotopic (exact) mass is 540 g/mol. The van der Waals surface area contributed by atoms with Crippen LogP contribution in [0.15, 0.2) is 24.3 Å². The minimum absolute atomic E-state index is 0.783. The molecule has 0 saturated heterocycles. The molecule has 0 aromatic heterocycles. The van der Waals surface area contributed by atoms with Gasteiger partial charge in [0.1, 0.15) is 11.5 Å². The maximum Gasteiger partial charge on any atom is 0.130 e. The molecule has 0 N–H and O–H groups in total. The fraction of sp³-hybridized carbons (Fsp3) is 0.615. The van der Waals surface area contributed by atoms with E-state index in [1.165, 1.54) is 67.7 Å². The molecule has 2 aromatic rings. The summed E-state index contributed by atoms with van der Waals surface area (Å²) in [4.78, 5) is 0. The second-order valence-electron chi connectivity index (χ2n) is 8.18. The Kier molecular flexibility index (Phi) is 12.9. The predicted molar refractivity (Wildman–Crippen MR) is 138 cm³/mol. The van der Waals surface area contributed by atoms with Crippen molar-refractivity contribution in [3.8, 4) is 11.5 Å². The summed E-state index contributed by atoms with van der Waals surface area (Å²) in [6.07, 6.45) is 12.4. The molecule has 0 bridgehead atoms. The summed E-state index contributed by atoms with van der Waals surface area (Å²) >= 11 is 7.00. The van der Waals surface area contributed by atoms with Crippen LogP contribution in [0.2, 0.25) is 0 Å². The van der Waals surface area contributed by atoms with Gasteiger partial charge in [-0.2, -0.15) is 0 Å². The van der Waals surface area contributed by atoms with Crippen molar-refractivity contribution in [1.29, 1.82) is 0 Å². The molecule has 0 unspecified atom stereocenters. The molecule has 30 heavy (non-hydrogen) atoms. The van der Waals surface area contributed by atoms with E-state index in [4.69, 9.17) is 9.47 Å². The molecule has 0 atom stereocenters. The molecule has 0 aliphatic carbocycles. The van der Waals surface area contributed by atoms with E-state index in [0.29, 0.717) is 0 Å². The number of aryl methyl sites for hydroxylation is 2. The molecule has 0 spiro atoms. The predicted octanol–water partition coefficient (Wildman–Crippen LogP) is 8.91. The number of ether oxygens (including phenoxy) is 2. The normalized spacial score (nSPS) is 11.2.